The van der Waals surface area contributed by atoms with Crippen LogP contribution in [0.4, 0.5) is 0 Å². The van der Waals surface area contributed by atoms with Gasteiger partial charge in [0.05, 0.1) is 0 Å². The van der Waals surface area contributed by atoms with Crippen molar-refractivity contribution in [2.24, 2.45) is 5.73 Å². The van der Waals surface area contributed by atoms with E-state index in [-0.39, 0.29) is 17.5 Å². The number of amides is 1. The lowest BCUT2D eigenvalue weighted by Gasteiger charge is -2.30. The molecule has 0 bridgehead atoms. The van der Waals surface area contributed by atoms with Gasteiger partial charge in [0.2, 0.25) is 5.91 Å². The van der Waals surface area contributed by atoms with Gasteiger partial charge in [-0.05, 0) is 39.7 Å². The average Bonchev–Trinajstić information content (AvgIpc) is 2.27. The molecule has 0 aliphatic carbocycles. The number of nitrogens with one attached hydrogen (secondary N) is 1. The summed E-state index contributed by atoms with van der Waals surface area (Å²) in [4.78, 5) is 11.8. The Bertz CT molecular complexity index is 393. The Morgan fingerprint density at radius 2 is 1.89 bits per heavy atom. The van der Waals surface area contributed by atoms with Crippen LogP contribution in [0.3, 0.4) is 0 Å². The van der Waals surface area contributed by atoms with Gasteiger partial charge in [-0.1, -0.05) is 29.8 Å². The molecular weight excluding hydrogens is 224 g/mol. The zero-order valence-corrected chi connectivity index (χ0v) is 11.8. The number of carbonyl (C=O) groups is 1. The van der Waals surface area contributed by atoms with Crippen LogP contribution >= 0.6 is 0 Å². The maximum Gasteiger partial charge on any atom is 0.220 e. The Balaban J connectivity index is 2.44. The molecule has 0 saturated heterocycles. The molecule has 0 saturated carbocycles. The van der Waals surface area contributed by atoms with E-state index in [0.717, 1.165) is 6.42 Å². The van der Waals surface area contributed by atoms with E-state index in [2.05, 4.69) is 36.5 Å². The first kappa shape index (κ1) is 14.7. The number of hydrogen-bond acceptors (Lipinski definition) is 2. The normalized spacial score (nSPS) is 13.2. The molecule has 1 amide bonds. The topological polar surface area (TPSA) is 55.1 Å². The fourth-order valence-corrected chi connectivity index (χ4v) is 1.55. The molecule has 0 fully saturated rings. The lowest BCUT2D eigenvalue weighted by molar-refractivity contribution is -0.122. The first-order valence-corrected chi connectivity index (χ1v) is 6.43. The van der Waals surface area contributed by atoms with Crippen molar-refractivity contribution in [1.82, 2.24) is 5.32 Å². The fraction of sp³-hybridized carbons (Fsp3) is 0.533. The van der Waals surface area contributed by atoms with E-state index in [1.54, 1.807) is 0 Å². The van der Waals surface area contributed by atoms with Gasteiger partial charge in [0.1, 0.15) is 0 Å². The van der Waals surface area contributed by atoms with Crippen molar-refractivity contribution >= 4 is 5.91 Å². The molecule has 18 heavy (non-hydrogen) atoms. The molecule has 0 heterocycles. The first-order valence-electron chi connectivity index (χ1n) is 6.43. The lowest BCUT2D eigenvalue weighted by atomic mass is 9.96. The predicted molar refractivity (Wildman–Crippen MR) is 75.4 cm³/mol. The SMILES string of the molecule is Cc1ccc(CCC(=O)NC(C)(C)C(C)N)cc1. The highest BCUT2D eigenvalue weighted by Gasteiger charge is 2.24. The van der Waals surface area contributed by atoms with Crippen LogP contribution < -0.4 is 11.1 Å². The second-order valence-corrected chi connectivity index (χ2v) is 5.54. The van der Waals surface area contributed by atoms with Crippen LogP contribution in [0.5, 0.6) is 0 Å². The summed E-state index contributed by atoms with van der Waals surface area (Å²) in [5.74, 6) is 0.0536. The smallest absolute Gasteiger partial charge is 0.220 e. The van der Waals surface area contributed by atoms with Crippen LogP contribution in [0, 0.1) is 6.92 Å². The van der Waals surface area contributed by atoms with Crippen molar-refractivity contribution in [3.63, 3.8) is 0 Å². The van der Waals surface area contributed by atoms with E-state index >= 15 is 0 Å². The molecule has 1 unspecified atom stereocenters. The quantitative estimate of drug-likeness (QED) is 0.839. The molecule has 100 valence electrons. The summed E-state index contributed by atoms with van der Waals surface area (Å²) >= 11 is 0. The minimum absolute atomic E-state index is 0.0536. The maximum absolute atomic E-state index is 11.8. The van der Waals surface area contributed by atoms with Crippen molar-refractivity contribution in [2.45, 2.75) is 52.1 Å². The fourth-order valence-electron chi connectivity index (χ4n) is 1.55. The molecule has 3 N–H and O–H groups in total. The predicted octanol–water partition coefficient (Wildman–Crippen LogP) is 2.17. The maximum atomic E-state index is 11.8. The summed E-state index contributed by atoms with van der Waals surface area (Å²) < 4.78 is 0. The Hall–Kier alpha value is -1.35. The minimum Gasteiger partial charge on any atom is -0.350 e. The molecular formula is C15H24N2O. The average molecular weight is 248 g/mol. The van der Waals surface area contributed by atoms with Gasteiger partial charge in [0, 0.05) is 18.0 Å². The highest BCUT2D eigenvalue weighted by molar-refractivity contribution is 5.77. The summed E-state index contributed by atoms with van der Waals surface area (Å²) in [5.41, 5.74) is 7.90. The molecule has 0 aromatic heterocycles. The highest BCUT2D eigenvalue weighted by Crippen LogP contribution is 2.09. The van der Waals surface area contributed by atoms with Gasteiger partial charge in [-0.2, -0.15) is 0 Å². The van der Waals surface area contributed by atoms with Crippen LogP contribution in [0.1, 0.15) is 38.3 Å². The summed E-state index contributed by atoms with van der Waals surface area (Å²) in [6.45, 7) is 7.85. The number of benzene rings is 1. The van der Waals surface area contributed by atoms with Gasteiger partial charge in [-0.15, -0.1) is 0 Å². The Kier molecular flexibility index (Phi) is 4.91. The van der Waals surface area contributed by atoms with E-state index < -0.39 is 0 Å². The number of nitrogens with two attached hydrogens (primary N) is 1. The summed E-state index contributed by atoms with van der Waals surface area (Å²) in [5, 5.41) is 2.97. The van der Waals surface area contributed by atoms with E-state index in [1.165, 1.54) is 11.1 Å². The van der Waals surface area contributed by atoms with Crippen LogP contribution in [-0.2, 0) is 11.2 Å². The molecule has 0 radical (unpaired) electrons. The molecule has 1 rings (SSSR count). The molecule has 0 spiro atoms. The number of hydrogen-bond donors (Lipinski definition) is 2. The van der Waals surface area contributed by atoms with Crippen LogP contribution in [0.25, 0.3) is 0 Å². The van der Waals surface area contributed by atoms with Crippen LogP contribution in [0.2, 0.25) is 0 Å². The minimum atomic E-state index is -0.357. The Labute approximate surface area is 110 Å². The van der Waals surface area contributed by atoms with Gasteiger partial charge < -0.3 is 11.1 Å². The zero-order valence-electron chi connectivity index (χ0n) is 11.8. The third-order valence-corrected chi connectivity index (χ3v) is 3.36. The molecule has 0 aliphatic rings. The van der Waals surface area contributed by atoms with E-state index in [4.69, 9.17) is 5.73 Å². The van der Waals surface area contributed by atoms with Gasteiger partial charge in [0.25, 0.3) is 0 Å². The molecule has 1 aromatic rings. The summed E-state index contributed by atoms with van der Waals surface area (Å²) in [6, 6.07) is 8.21. The monoisotopic (exact) mass is 248 g/mol. The van der Waals surface area contributed by atoms with Gasteiger partial charge in [0.15, 0.2) is 0 Å². The molecule has 3 heteroatoms. The molecule has 3 nitrogen and oxygen atoms in total. The van der Waals surface area contributed by atoms with Crippen LogP contribution in [-0.4, -0.2) is 17.5 Å². The summed E-state index contributed by atoms with van der Waals surface area (Å²) in [6.07, 6.45) is 1.26. The molecule has 0 aliphatic heterocycles. The third kappa shape index (κ3) is 4.49. The Morgan fingerprint density at radius 3 is 2.39 bits per heavy atom. The van der Waals surface area contributed by atoms with Crippen molar-refractivity contribution in [1.29, 1.82) is 0 Å². The largest absolute Gasteiger partial charge is 0.350 e. The van der Waals surface area contributed by atoms with Gasteiger partial charge in [-0.25, -0.2) is 0 Å². The number of aryl methyl sites for hydroxylation is 2. The van der Waals surface area contributed by atoms with Crippen molar-refractivity contribution in [3.05, 3.63) is 35.4 Å². The molecule has 1 aromatic carbocycles. The summed E-state index contributed by atoms with van der Waals surface area (Å²) in [7, 11) is 0. The van der Waals surface area contributed by atoms with Gasteiger partial charge >= 0.3 is 0 Å². The van der Waals surface area contributed by atoms with Crippen molar-refractivity contribution < 1.29 is 4.79 Å². The second-order valence-electron chi connectivity index (χ2n) is 5.54. The third-order valence-electron chi connectivity index (χ3n) is 3.36. The second kappa shape index (κ2) is 6.01. The van der Waals surface area contributed by atoms with Gasteiger partial charge in [-0.3, -0.25) is 4.79 Å². The van der Waals surface area contributed by atoms with Crippen molar-refractivity contribution in [3.8, 4) is 0 Å². The standard InChI is InChI=1S/C15H24N2O/c1-11-5-7-13(8-6-11)9-10-14(18)17-15(3,4)12(2)16/h5-8,12H,9-10,16H2,1-4H3,(H,17,18). The van der Waals surface area contributed by atoms with E-state index in [1.807, 2.05) is 20.8 Å². The highest BCUT2D eigenvalue weighted by atomic mass is 16.1. The van der Waals surface area contributed by atoms with E-state index in [9.17, 15) is 4.79 Å². The Morgan fingerprint density at radius 1 is 1.33 bits per heavy atom. The number of carbonyl (C=O) groups excluding carboxylic acids is 1. The van der Waals surface area contributed by atoms with E-state index in [0.29, 0.717) is 6.42 Å². The first-order chi connectivity index (χ1) is 8.31. The lowest BCUT2D eigenvalue weighted by Crippen LogP contribution is -2.54. The molecule has 1 atom stereocenters. The number of rotatable bonds is 5. The zero-order chi connectivity index (χ0) is 13.8. The van der Waals surface area contributed by atoms with Crippen LogP contribution in [0.15, 0.2) is 24.3 Å². The van der Waals surface area contributed by atoms with Crippen molar-refractivity contribution in [2.75, 3.05) is 0 Å².